The highest BCUT2D eigenvalue weighted by Crippen LogP contribution is 2.16. The van der Waals surface area contributed by atoms with Crippen LogP contribution in [0.25, 0.3) is 0 Å². The van der Waals surface area contributed by atoms with E-state index in [4.69, 9.17) is 11.6 Å². The van der Waals surface area contributed by atoms with E-state index < -0.39 is 4.92 Å². The highest BCUT2D eigenvalue weighted by Gasteiger charge is 2.06. The molecule has 0 atom stereocenters. The summed E-state index contributed by atoms with van der Waals surface area (Å²) in [5, 5.41) is 10.5. The standard InChI is InChI=1S/C10H8ClNO2/c1-8-4-5-10(12(13)14)7-9(8)3-2-6-11/h4-5,7H,6H2,1H3. The van der Waals surface area contributed by atoms with Crippen molar-refractivity contribution in [2.45, 2.75) is 6.92 Å². The summed E-state index contributed by atoms with van der Waals surface area (Å²) in [6.45, 7) is 1.85. The molecule has 1 aromatic carbocycles. The second-order valence-electron chi connectivity index (χ2n) is 2.69. The molecule has 1 rings (SSSR count). The van der Waals surface area contributed by atoms with Crippen molar-refractivity contribution in [2.24, 2.45) is 0 Å². The van der Waals surface area contributed by atoms with Crippen LogP contribution in [-0.2, 0) is 0 Å². The molecule has 0 unspecified atom stereocenters. The van der Waals surface area contributed by atoms with Crippen LogP contribution in [0.5, 0.6) is 0 Å². The largest absolute Gasteiger partial charge is 0.270 e. The predicted molar refractivity (Wildman–Crippen MR) is 55.4 cm³/mol. The first-order valence-electron chi connectivity index (χ1n) is 3.95. The Kier molecular flexibility index (Phi) is 3.49. The van der Waals surface area contributed by atoms with E-state index in [0.717, 1.165) is 5.56 Å². The van der Waals surface area contributed by atoms with Gasteiger partial charge in [-0.2, -0.15) is 0 Å². The first-order chi connectivity index (χ1) is 6.65. The zero-order valence-electron chi connectivity index (χ0n) is 7.58. The van der Waals surface area contributed by atoms with Crippen molar-refractivity contribution in [1.29, 1.82) is 0 Å². The molecule has 0 aromatic heterocycles. The van der Waals surface area contributed by atoms with Gasteiger partial charge < -0.3 is 0 Å². The van der Waals surface area contributed by atoms with Gasteiger partial charge in [-0.3, -0.25) is 10.1 Å². The second-order valence-corrected chi connectivity index (χ2v) is 2.96. The lowest BCUT2D eigenvalue weighted by molar-refractivity contribution is -0.384. The van der Waals surface area contributed by atoms with Gasteiger partial charge in [0.2, 0.25) is 0 Å². The smallest absolute Gasteiger partial charge is 0.258 e. The Morgan fingerprint density at radius 3 is 2.86 bits per heavy atom. The number of non-ortho nitro benzene ring substituents is 1. The van der Waals surface area contributed by atoms with Crippen LogP contribution in [0, 0.1) is 28.9 Å². The lowest BCUT2D eigenvalue weighted by Gasteiger charge is -1.97. The first-order valence-corrected chi connectivity index (χ1v) is 4.48. The third-order valence-electron chi connectivity index (χ3n) is 1.72. The minimum atomic E-state index is -0.439. The summed E-state index contributed by atoms with van der Waals surface area (Å²) in [5.41, 5.74) is 1.61. The topological polar surface area (TPSA) is 43.1 Å². The quantitative estimate of drug-likeness (QED) is 0.309. The van der Waals surface area contributed by atoms with Crippen molar-refractivity contribution in [1.82, 2.24) is 0 Å². The molecule has 0 spiro atoms. The van der Waals surface area contributed by atoms with Crippen molar-refractivity contribution in [2.75, 3.05) is 5.88 Å². The lowest BCUT2D eigenvalue weighted by atomic mass is 10.1. The SMILES string of the molecule is Cc1ccc([N+](=O)[O-])cc1C#CCCl. The Morgan fingerprint density at radius 1 is 1.57 bits per heavy atom. The fraction of sp³-hybridized carbons (Fsp3) is 0.200. The molecule has 0 fully saturated rings. The number of benzene rings is 1. The van der Waals surface area contributed by atoms with E-state index in [2.05, 4.69) is 11.8 Å². The van der Waals surface area contributed by atoms with Crippen LogP contribution in [0.15, 0.2) is 18.2 Å². The highest BCUT2D eigenvalue weighted by atomic mass is 35.5. The van der Waals surface area contributed by atoms with Crippen LogP contribution < -0.4 is 0 Å². The number of alkyl halides is 1. The molecule has 0 saturated heterocycles. The maximum absolute atomic E-state index is 10.5. The molecule has 0 amide bonds. The van der Waals surface area contributed by atoms with Crippen LogP contribution in [0.1, 0.15) is 11.1 Å². The fourth-order valence-corrected chi connectivity index (χ4v) is 1.05. The molecule has 0 aliphatic carbocycles. The molecule has 14 heavy (non-hydrogen) atoms. The third-order valence-corrected chi connectivity index (χ3v) is 1.86. The van der Waals surface area contributed by atoms with Gasteiger partial charge in [-0.15, -0.1) is 11.6 Å². The summed E-state index contributed by atoms with van der Waals surface area (Å²) in [7, 11) is 0. The monoisotopic (exact) mass is 209 g/mol. The normalized spacial score (nSPS) is 9.00. The van der Waals surface area contributed by atoms with Crippen LogP contribution in [0.4, 0.5) is 5.69 Å². The van der Waals surface area contributed by atoms with E-state index in [1.165, 1.54) is 12.1 Å². The third kappa shape index (κ3) is 2.48. The number of nitrogens with zero attached hydrogens (tertiary/aromatic N) is 1. The van der Waals surface area contributed by atoms with Crippen LogP contribution in [0.3, 0.4) is 0 Å². The molecule has 4 heteroatoms. The van der Waals surface area contributed by atoms with Gasteiger partial charge in [0.15, 0.2) is 0 Å². The van der Waals surface area contributed by atoms with Crippen LogP contribution >= 0.6 is 11.6 Å². The predicted octanol–water partition coefficient (Wildman–Crippen LogP) is 2.49. The summed E-state index contributed by atoms with van der Waals surface area (Å²) in [4.78, 5) is 10.0. The molecule has 72 valence electrons. The van der Waals surface area contributed by atoms with Crippen molar-refractivity contribution < 1.29 is 4.92 Å². The van der Waals surface area contributed by atoms with Gasteiger partial charge in [0, 0.05) is 17.7 Å². The Labute approximate surface area is 86.8 Å². The van der Waals surface area contributed by atoms with Crippen molar-refractivity contribution in [3.63, 3.8) is 0 Å². The summed E-state index contributed by atoms with van der Waals surface area (Å²) in [6.07, 6.45) is 0. The second kappa shape index (κ2) is 4.64. The molecule has 0 heterocycles. The molecular weight excluding hydrogens is 202 g/mol. The number of aryl methyl sites for hydroxylation is 1. The van der Waals surface area contributed by atoms with Gasteiger partial charge in [0.05, 0.1) is 10.8 Å². The molecule has 0 saturated carbocycles. The van der Waals surface area contributed by atoms with E-state index in [-0.39, 0.29) is 11.6 Å². The Bertz CT molecular complexity index is 418. The van der Waals surface area contributed by atoms with Crippen molar-refractivity contribution >= 4 is 17.3 Å². The van der Waals surface area contributed by atoms with Crippen molar-refractivity contribution in [3.8, 4) is 11.8 Å². The average molecular weight is 210 g/mol. The maximum Gasteiger partial charge on any atom is 0.270 e. The van der Waals surface area contributed by atoms with Gasteiger partial charge in [-0.05, 0) is 12.5 Å². The molecule has 0 N–H and O–H groups in total. The van der Waals surface area contributed by atoms with E-state index in [9.17, 15) is 10.1 Å². The molecule has 0 aliphatic rings. The number of rotatable bonds is 1. The van der Waals surface area contributed by atoms with E-state index in [1.807, 2.05) is 6.92 Å². The Morgan fingerprint density at radius 2 is 2.29 bits per heavy atom. The van der Waals surface area contributed by atoms with E-state index in [1.54, 1.807) is 6.07 Å². The van der Waals surface area contributed by atoms with Gasteiger partial charge >= 0.3 is 0 Å². The first kappa shape index (κ1) is 10.6. The van der Waals surface area contributed by atoms with Gasteiger partial charge in [0.25, 0.3) is 5.69 Å². The van der Waals surface area contributed by atoms with E-state index in [0.29, 0.717) is 5.56 Å². The highest BCUT2D eigenvalue weighted by molar-refractivity contribution is 6.19. The molecular formula is C10H8ClNO2. The van der Waals surface area contributed by atoms with Gasteiger partial charge in [-0.25, -0.2) is 0 Å². The van der Waals surface area contributed by atoms with Gasteiger partial charge in [-0.1, -0.05) is 17.9 Å². The number of nitro benzene ring substituents is 1. The number of halogens is 1. The summed E-state index contributed by atoms with van der Waals surface area (Å²) < 4.78 is 0. The number of nitro groups is 1. The average Bonchev–Trinajstić information content (AvgIpc) is 2.16. The minimum absolute atomic E-state index is 0.0504. The summed E-state index contributed by atoms with van der Waals surface area (Å²) >= 11 is 5.40. The Hall–Kier alpha value is -1.53. The maximum atomic E-state index is 10.5. The van der Waals surface area contributed by atoms with Crippen LogP contribution in [0.2, 0.25) is 0 Å². The molecule has 0 radical (unpaired) electrons. The minimum Gasteiger partial charge on any atom is -0.258 e. The summed E-state index contributed by atoms with van der Waals surface area (Å²) in [6, 6.07) is 4.59. The fourth-order valence-electron chi connectivity index (χ4n) is 0.987. The van der Waals surface area contributed by atoms with Crippen LogP contribution in [-0.4, -0.2) is 10.8 Å². The zero-order valence-corrected chi connectivity index (χ0v) is 8.34. The van der Waals surface area contributed by atoms with Gasteiger partial charge in [0.1, 0.15) is 0 Å². The zero-order chi connectivity index (χ0) is 10.6. The molecule has 1 aromatic rings. The number of hydrogen-bond acceptors (Lipinski definition) is 2. The lowest BCUT2D eigenvalue weighted by Crippen LogP contribution is -1.90. The Balaban J connectivity index is 3.14. The molecule has 0 bridgehead atoms. The molecule has 3 nitrogen and oxygen atoms in total. The molecule has 0 aliphatic heterocycles. The number of hydrogen-bond donors (Lipinski definition) is 0. The van der Waals surface area contributed by atoms with E-state index >= 15 is 0 Å². The summed E-state index contributed by atoms with van der Waals surface area (Å²) in [5.74, 6) is 5.66. The van der Waals surface area contributed by atoms with Crippen molar-refractivity contribution in [3.05, 3.63) is 39.4 Å².